The fraction of sp³-hybridized carbons (Fsp3) is 0.500. The normalized spacial score (nSPS) is 10.6. The van der Waals surface area contributed by atoms with Gasteiger partial charge in [-0.25, -0.2) is 8.78 Å². The van der Waals surface area contributed by atoms with Gasteiger partial charge in [0.15, 0.2) is 0 Å². The van der Waals surface area contributed by atoms with Gasteiger partial charge in [-0.2, -0.15) is 0 Å². The summed E-state index contributed by atoms with van der Waals surface area (Å²) >= 11 is 0. The molecule has 1 rings (SSSR count). The van der Waals surface area contributed by atoms with Crippen molar-refractivity contribution in [1.29, 1.82) is 0 Å². The van der Waals surface area contributed by atoms with Gasteiger partial charge in [-0.3, -0.25) is 0 Å². The molecule has 0 aliphatic carbocycles. The maximum Gasteiger partial charge on any atom is 0.130 e. The van der Waals surface area contributed by atoms with E-state index in [2.05, 4.69) is 12.2 Å². The summed E-state index contributed by atoms with van der Waals surface area (Å²) in [6, 6.07) is 3.95. The Morgan fingerprint density at radius 3 is 2.40 bits per heavy atom. The Kier molecular flexibility index (Phi) is 5.26. The lowest BCUT2D eigenvalue weighted by atomic mass is 10.2. The van der Waals surface area contributed by atoms with Gasteiger partial charge < -0.3 is 5.32 Å². The Hall–Kier alpha value is -0.960. The van der Waals surface area contributed by atoms with Crippen LogP contribution in [-0.4, -0.2) is 6.54 Å². The molecule has 1 nitrogen and oxygen atoms in total. The smallest absolute Gasteiger partial charge is 0.130 e. The zero-order valence-electron chi connectivity index (χ0n) is 9.02. The average Bonchev–Trinajstić information content (AvgIpc) is 2.21. The highest BCUT2D eigenvalue weighted by Gasteiger charge is 2.06. The van der Waals surface area contributed by atoms with E-state index in [4.69, 9.17) is 0 Å². The van der Waals surface area contributed by atoms with Crippen LogP contribution in [0.2, 0.25) is 0 Å². The standard InChI is InChI=1S/C12H17F2N/c1-2-3-4-8-15-9-10-11(13)6-5-7-12(10)14/h5-7,15H,2-4,8-9H2,1H3. The summed E-state index contributed by atoms with van der Waals surface area (Å²) in [6.07, 6.45) is 3.34. The predicted octanol–water partition coefficient (Wildman–Crippen LogP) is 3.24. The van der Waals surface area contributed by atoms with Crippen LogP contribution in [0.4, 0.5) is 8.78 Å². The summed E-state index contributed by atoms with van der Waals surface area (Å²) in [5.41, 5.74) is 0.133. The van der Waals surface area contributed by atoms with Crippen molar-refractivity contribution in [2.45, 2.75) is 32.7 Å². The topological polar surface area (TPSA) is 12.0 Å². The van der Waals surface area contributed by atoms with Crippen LogP contribution in [0, 0.1) is 11.6 Å². The molecule has 3 heteroatoms. The van der Waals surface area contributed by atoms with E-state index < -0.39 is 11.6 Å². The molecule has 0 atom stereocenters. The van der Waals surface area contributed by atoms with Gasteiger partial charge in [0, 0.05) is 12.1 Å². The molecule has 0 saturated heterocycles. The molecule has 1 aromatic rings. The third-order valence-corrected chi connectivity index (χ3v) is 2.32. The first-order valence-electron chi connectivity index (χ1n) is 5.39. The van der Waals surface area contributed by atoms with Gasteiger partial charge in [0.2, 0.25) is 0 Å². The molecule has 0 aliphatic rings. The predicted molar refractivity (Wildman–Crippen MR) is 57.6 cm³/mol. The van der Waals surface area contributed by atoms with Crippen molar-refractivity contribution in [3.05, 3.63) is 35.4 Å². The number of hydrogen-bond donors (Lipinski definition) is 1. The fourth-order valence-electron chi connectivity index (χ4n) is 1.41. The molecule has 0 spiro atoms. The minimum atomic E-state index is -0.474. The maximum absolute atomic E-state index is 13.1. The summed E-state index contributed by atoms with van der Waals surface area (Å²) < 4.78 is 26.3. The largest absolute Gasteiger partial charge is 0.312 e. The summed E-state index contributed by atoms with van der Waals surface area (Å²) in [6.45, 7) is 3.19. The van der Waals surface area contributed by atoms with Gasteiger partial charge in [-0.1, -0.05) is 25.8 Å². The lowest BCUT2D eigenvalue weighted by molar-refractivity contribution is 0.529. The van der Waals surface area contributed by atoms with E-state index in [-0.39, 0.29) is 12.1 Å². The molecule has 1 aromatic carbocycles. The van der Waals surface area contributed by atoms with Gasteiger partial charge in [-0.15, -0.1) is 0 Å². The molecule has 0 fully saturated rings. The zero-order valence-corrected chi connectivity index (χ0v) is 9.02. The molecule has 0 unspecified atom stereocenters. The first-order chi connectivity index (χ1) is 7.25. The second-order valence-corrected chi connectivity index (χ2v) is 3.58. The van der Waals surface area contributed by atoms with E-state index in [0.717, 1.165) is 25.8 Å². The minimum absolute atomic E-state index is 0.133. The summed E-state index contributed by atoms with van der Waals surface area (Å²) in [5.74, 6) is -0.948. The van der Waals surface area contributed by atoms with Crippen molar-refractivity contribution in [1.82, 2.24) is 5.32 Å². The van der Waals surface area contributed by atoms with E-state index >= 15 is 0 Å². The van der Waals surface area contributed by atoms with Crippen LogP contribution in [-0.2, 0) is 6.54 Å². The molecule has 0 heterocycles. The van der Waals surface area contributed by atoms with Crippen LogP contribution in [0.15, 0.2) is 18.2 Å². The number of benzene rings is 1. The lowest BCUT2D eigenvalue weighted by Crippen LogP contribution is -2.16. The Balaban J connectivity index is 2.37. The maximum atomic E-state index is 13.1. The molecule has 0 aromatic heterocycles. The van der Waals surface area contributed by atoms with Crippen LogP contribution < -0.4 is 5.32 Å². The van der Waals surface area contributed by atoms with E-state index in [0.29, 0.717) is 0 Å². The summed E-state index contributed by atoms with van der Waals surface area (Å²) in [7, 11) is 0. The fourth-order valence-corrected chi connectivity index (χ4v) is 1.41. The van der Waals surface area contributed by atoms with Gasteiger partial charge in [0.05, 0.1) is 0 Å². The molecule has 0 aliphatic heterocycles. The van der Waals surface area contributed by atoms with E-state index in [1.807, 2.05) is 0 Å². The molecule has 0 radical (unpaired) electrons. The van der Waals surface area contributed by atoms with E-state index in [1.54, 1.807) is 0 Å². The number of hydrogen-bond acceptors (Lipinski definition) is 1. The highest BCUT2D eigenvalue weighted by Crippen LogP contribution is 2.11. The Morgan fingerprint density at radius 1 is 1.13 bits per heavy atom. The average molecular weight is 213 g/mol. The number of rotatable bonds is 6. The molecule has 0 amide bonds. The zero-order chi connectivity index (χ0) is 11.1. The monoisotopic (exact) mass is 213 g/mol. The Bertz CT molecular complexity index is 279. The van der Waals surface area contributed by atoms with Crippen molar-refractivity contribution in [3.63, 3.8) is 0 Å². The van der Waals surface area contributed by atoms with Crippen molar-refractivity contribution < 1.29 is 8.78 Å². The van der Waals surface area contributed by atoms with Crippen LogP contribution in [0.5, 0.6) is 0 Å². The first-order valence-corrected chi connectivity index (χ1v) is 5.39. The van der Waals surface area contributed by atoms with Crippen molar-refractivity contribution >= 4 is 0 Å². The molecule has 1 N–H and O–H groups in total. The minimum Gasteiger partial charge on any atom is -0.312 e. The van der Waals surface area contributed by atoms with Crippen LogP contribution in [0.1, 0.15) is 31.7 Å². The molecule has 0 saturated carbocycles. The van der Waals surface area contributed by atoms with Crippen molar-refractivity contribution in [2.75, 3.05) is 6.54 Å². The van der Waals surface area contributed by atoms with E-state index in [9.17, 15) is 8.78 Å². The van der Waals surface area contributed by atoms with Crippen LogP contribution >= 0.6 is 0 Å². The molecular weight excluding hydrogens is 196 g/mol. The Labute approximate surface area is 89.5 Å². The third-order valence-electron chi connectivity index (χ3n) is 2.32. The summed E-state index contributed by atoms with van der Waals surface area (Å²) in [5, 5.41) is 3.04. The highest BCUT2D eigenvalue weighted by molar-refractivity contribution is 5.19. The first kappa shape index (κ1) is 12.1. The second kappa shape index (κ2) is 6.51. The second-order valence-electron chi connectivity index (χ2n) is 3.58. The third kappa shape index (κ3) is 3.96. The molecule has 15 heavy (non-hydrogen) atoms. The van der Waals surface area contributed by atoms with Crippen LogP contribution in [0.25, 0.3) is 0 Å². The molecule has 0 bridgehead atoms. The summed E-state index contributed by atoms with van der Waals surface area (Å²) in [4.78, 5) is 0. The van der Waals surface area contributed by atoms with Crippen molar-refractivity contribution in [3.8, 4) is 0 Å². The lowest BCUT2D eigenvalue weighted by Gasteiger charge is -2.06. The van der Waals surface area contributed by atoms with Gasteiger partial charge in [-0.05, 0) is 25.1 Å². The van der Waals surface area contributed by atoms with Crippen LogP contribution in [0.3, 0.4) is 0 Å². The molecular formula is C12H17F2N. The number of nitrogens with one attached hydrogen (secondary N) is 1. The quantitative estimate of drug-likeness (QED) is 0.715. The molecule has 84 valence electrons. The number of unbranched alkanes of at least 4 members (excludes halogenated alkanes) is 2. The Morgan fingerprint density at radius 2 is 1.80 bits per heavy atom. The SMILES string of the molecule is CCCCCNCc1c(F)cccc1F. The van der Waals surface area contributed by atoms with Gasteiger partial charge in [0.25, 0.3) is 0 Å². The highest BCUT2D eigenvalue weighted by atomic mass is 19.1. The van der Waals surface area contributed by atoms with Gasteiger partial charge in [0.1, 0.15) is 11.6 Å². The van der Waals surface area contributed by atoms with Crippen molar-refractivity contribution in [2.24, 2.45) is 0 Å². The van der Waals surface area contributed by atoms with E-state index in [1.165, 1.54) is 18.2 Å². The van der Waals surface area contributed by atoms with Gasteiger partial charge >= 0.3 is 0 Å². The number of halogens is 2.